The molecule has 0 bridgehead atoms. The molecule has 2 N–H and O–H groups in total. The van der Waals surface area contributed by atoms with Gasteiger partial charge in [0.15, 0.2) is 0 Å². The SMILES string of the molecule is Cc1ccc(CSCCNC(=O)CN(C)CC(=O)Nc2cccc(F)c2)cc1. The van der Waals surface area contributed by atoms with E-state index in [0.29, 0.717) is 12.2 Å². The zero-order chi connectivity index (χ0) is 20.4. The molecule has 0 fully saturated rings. The predicted octanol–water partition coefficient (Wildman–Crippen LogP) is 3.05. The molecule has 0 aliphatic heterocycles. The van der Waals surface area contributed by atoms with Gasteiger partial charge in [0.05, 0.1) is 13.1 Å². The number of nitrogens with one attached hydrogen (secondary N) is 2. The molecule has 2 amide bonds. The maximum Gasteiger partial charge on any atom is 0.238 e. The molecule has 0 unspecified atom stereocenters. The summed E-state index contributed by atoms with van der Waals surface area (Å²) in [5, 5.41) is 5.47. The van der Waals surface area contributed by atoms with Gasteiger partial charge >= 0.3 is 0 Å². The number of amides is 2. The second kappa shape index (κ2) is 11.5. The van der Waals surface area contributed by atoms with Crippen LogP contribution in [0.3, 0.4) is 0 Å². The Morgan fingerprint density at radius 3 is 2.50 bits per heavy atom. The summed E-state index contributed by atoms with van der Waals surface area (Å²) < 4.78 is 13.1. The quantitative estimate of drug-likeness (QED) is 0.599. The zero-order valence-corrected chi connectivity index (χ0v) is 17.0. The number of hydrogen-bond donors (Lipinski definition) is 2. The first kappa shape index (κ1) is 21.9. The van der Waals surface area contributed by atoms with Crippen molar-refractivity contribution in [3.8, 4) is 0 Å². The molecule has 5 nitrogen and oxygen atoms in total. The third-order valence-corrected chi connectivity index (χ3v) is 4.92. The van der Waals surface area contributed by atoms with E-state index in [1.165, 1.54) is 29.3 Å². The number of anilines is 1. The zero-order valence-electron chi connectivity index (χ0n) is 16.2. The van der Waals surface area contributed by atoms with Crippen molar-refractivity contribution in [2.75, 3.05) is 37.8 Å². The van der Waals surface area contributed by atoms with Gasteiger partial charge < -0.3 is 10.6 Å². The van der Waals surface area contributed by atoms with Crippen molar-refractivity contribution in [3.05, 3.63) is 65.5 Å². The molecule has 0 aliphatic carbocycles. The van der Waals surface area contributed by atoms with Crippen molar-refractivity contribution in [1.82, 2.24) is 10.2 Å². The first-order chi connectivity index (χ1) is 13.4. The fraction of sp³-hybridized carbons (Fsp3) is 0.333. The van der Waals surface area contributed by atoms with Gasteiger partial charge in [-0.05, 0) is 37.7 Å². The summed E-state index contributed by atoms with van der Waals surface area (Å²) in [5.74, 6) is 0.900. The Balaban J connectivity index is 1.58. The van der Waals surface area contributed by atoms with Crippen LogP contribution in [0.4, 0.5) is 10.1 Å². The number of benzene rings is 2. The lowest BCUT2D eigenvalue weighted by Gasteiger charge is -2.16. The van der Waals surface area contributed by atoms with Crippen LogP contribution in [0.2, 0.25) is 0 Å². The molecular weight excluding hydrogens is 377 g/mol. The molecule has 2 aromatic carbocycles. The van der Waals surface area contributed by atoms with Crippen LogP contribution in [0, 0.1) is 12.7 Å². The van der Waals surface area contributed by atoms with Crippen LogP contribution >= 0.6 is 11.8 Å². The van der Waals surface area contributed by atoms with E-state index in [1.807, 2.05) is 0 Å². The van der Waals surface area contributed by atoms with Crippen molar-refractivity contribution in [3.63, 3.8) is 0 Å². The molecule has 0 radical (unpaired) electrons. The monoisotopic (exact) mass is 403 g/mol. The van der Waals surface area contributed by atoms with Gasteiger partial charge in [-0.2, -0.15) is 11.8 Å². The number of carbonyl (C=O) groups is 2. The summed E-state index contributed by atoms with van der Waals surface area (Å²) in [5.41, 5.74) is 2.91. The van der Waals surface area contributed by atoms with Gasteiger partial charge in [0.25, 0.3) is 0 Å². The van der Waals surface area contributed by atoms with E-state index in [1.54, 1.807) is 29.8 Å². The van der Waals surface area contributed by atoms with E-state index in [4.69, 9.17) is 0 Å². The number of rotatable bonds is 10. The summed E-state index contributed by atoms with van der Waals surface area (Å²) in [7, 11) is 1.69. The molecule has 0 atom stereocenters. The molecule has 0 heterocycles. The predicted molar refractivity (Wildman–Crippen MR) is 113 cm³/mol. The first-order valence-corrected chi connectivity index (χ1v) is 10.2. The highest BCUT2D eigenvalue weighted by Gasteiger charge is 2.11. The van der Waals surface area contributed by atoms with Crippen LogP contribution in [0.1, 0.15) is 11.1 Å². The van der Waals surface area contributed by atoms with Crippen LogP contribution in [-0.2, 0) is 15.3 Å². The van der Waals surface area contributed by atoms with Crippen molar-refractivity contribution in [1.29, 1.82) is 0 Å². The van der Waals surface area contributed by atoms with Crippen LogP contribution < -0.4 is 10.6 Å². The van der Waals surface area contributed by atoms with Gasteiger partial charge in [0.2, 0.25) is 11.8 Å². The minimum Gasteiger partial charge on any atom is -0.354 e. The standard InChI is InChI=1S/C21H26FN3O2S/c1-16-6-8-17(9-7-16)15-28-11-10-23-20(26)13-25(2)14-21(27)24-19-5-3-4-18(22)12-19/h3-9,12H,10-11,13-15H2,1-2H3,(H,23,26)(H,24,27). The first-order valence-electron chi connectivity index (χ1n) is 9.06. The highest BCUT2D eigenvalue weighted by molar-refractivity contribution is 7.98. The normalized spacial score (nSPS) is 10.7. The maximum atomic E-state index is 13.1. The van der Waals surface area contributed by atoms with Crippen LogP contribution in [-0.4, -0.2) is 49.1 Å². The molecule has 2 aromatic rings. The van der Waals surface area contributed by atoms with Gasteiger partial charge in [0, 0.05) is 23.7 Å². The molecule has 0 saturated carbocycles. The molecule has 0 spiro atoms. The van der Waals surface area contributed by atoms with Crippen LogP contribution in [0.15, 0.2) is 48.5 Å². The number of carbonyl (C=O) groups excluding carboxylic acids is 2. The summed E-state index contributed by atoms with van der Waals surface area (Å²) in [4.78, 5) is 25.5. The van der Waals surface area contributed by atoms with Crippen LogP contribution in [0.5, 0.6) is 0 Å². The number of nitrogens with zero attached hydrogens (tertiary/aromatic N) is 1. The van der Waals surface area contributed by atoms with E-state index >= 15 is 0 Å². The average molecular weight is 404 g/mol. The third-order valence-electron chi connectivity index (χ3n) is 3.89. The Hall–Kier alpha value is -2.38. The van der Waals surface area contributed by atoms with E-state index in [0.717, 1.165) is 11.5 Å². The number of thioether (sulfide) groups is 1. The highest BCUT2D eigenvalue weighted by Crippen LogP contribution is 2.12. The minimum atomic E-state index is -0.411. The molecule has 2 rings (SSSR count). The second-order valence-electron chi connectivity index (χ2n) is 6.62. The van der Waals surface area contributed by atoms with Gasteiger partial charge in [-0.3, -0.25) is 14.5 Å². The molecule has 0 aromatic heterocycles. The summed E-state index contributed by atoms with van der Waals surface area (Å²) in [6, 6.07) is 14.1. The lowest BCUT2D eigenvalue weighted by molar-refractivity contribution is -0.122. The molecular formula is C21H26FN3O2S. The molecule has 0 aliphatic rings. The van der Waals surface area contributed by atoms with Gasteiger partial charge in [-0.1, -0.05) is 35.9 Å². The van der Waals surface area contributed by atoms with Crippen molar-refractivity contribution in [2.45, 2.75) is 12.7 Å². The Kier molecular flexibility index (Phi) is 8.97. The van der Waals surface area contributed by atoms with Crippen molar-refractivity contribution < 1.29 is 14.0 Å². The second-order valence-corrected chi connectivity index (χ2v) is 7.72. The maximum absolute atomic E-state index is 13.1. The number of halogens is 1. The number of likely N-dealkylation sites (N-methyl/N-ethyl adjacent to an activating group) is 1. The highest BCUT2D eigenvalue weighted by atomic mass is 32.2. The van der Waals surface area contributed by atoms with Gasteiger partial charge in [-0.25, -0.2) is 4.39 Å². The van der Waals surface area contributed by atoms with Crippen molar-refractivity contribution >= 4 is 29.3 Å². The largest absolute Gasteiger partial charge is 0.354 e. The van der Waals surface area contributed by atoms with Crippen LogP contribution in [0.25, 0.3) is 0 Å². The topological polar surface area (TPSA) is 61.4 Å². The molecule has 28 heavy (non-hydrogen) atoms. The number of hydrogen-bond acceptors (Lipinski definition) is 4. The van der Waals surface area contributed by atoms with E-state index in [-0.39, 0.29) is 24.9 Å². The number of aryl methyl sites for hydroxylation is 1. The fourth-order valence-corrected chi connectivity index (χ4v) is 3.32. The van der Waals surface area contributed by atoms with Crippen molar-refractivity contribution in [2.24, 2.45) is 0 Å². The third kappa shape index (κ3) is 8.54. The van der Waals surface area contributed by atoms with E-state index in [2.05, 4.69) is 41.8 Å². The smallest absolute Gasteiger partial charge is 0.238 e. The Bertz CT molecular complexity index is 783. The van der Waals surface area contributed by atoms with E-state index < -0.39 is 5.82 Å². The Morgan fingerprint density at radius 1 is 1.07 bits per heavy atom. The molecule has 0 saturated heterocycles. The van der Waals surface area contributed by atoms with E-state index in [9.17, 15) is 14.0 Å². The lowest BCUT2D eigenvalue weighted by Crippen LogP contribution is -2.39. The summed E-state index contributed by atoms with van der Waals surface area (Å²) >= 11 is 1.76. The lowest BCUT2D eigenvalue weighted by atomic mass is 10.2. The Morgan fingerprint density at radius 2 is 1.79 bits per heavy atom. The fourth-order valence-electron chi connectivity index (χ4n) is 2.51. The average Bonchev–Trinajstić information content (AvgIpc) is 2.62. The molecule has 150 valence electrons. The molecule has 7 heteroatoms. The Labute approximate surface area is 169 Å². The van der Waals surface area contributed by atoms with Gasteiger partial charge in [0.1, 0.15) is 5.82 Å². The summed E-state index contributed by atoms with van der Waals surface area (Å²) in [6.07, 6.45) is 0. The minimum absolute atomic E-state index is 0.0477. The van der Waals surface area contributed by atoms with Gasteiger partial charge in [-0.15, -0.1) is 0 Å². The summed E-state index contributed by atoms with van der Waals surface area (Å²) in [6.45, 7) is 2.82.